The molecule has 0 aromatic heterocycles. The van der Waals surface area contributed by atoms with Crippen molar-refractivity contribution in [1.29, 1.82) is 0 Å². The third-order valence-corrected chi connectivity index (χ3v) is 4.77. The third kappa shape index (κ3) is 4.41. The van der Waals surface area contributed by atoms with Crippen molar-refractivity contribution < 1.29 is 13.9 Å². The van der Waals surface area contributed by atoms with Gasteiger partial charge >= 0.3 is 0 Å². The first kappa shape index (κ1) is 18.4. The van der Waals surface area contributed by atoms with E-state index in [1.54, 1.807) is 0 Å². The predicted molar refractivity (Wildman–Crippen MR) is 99.5 cm³/mol. The summed E-state index contributed by atoms with van der Waals surface area (Å²) >= 11 is 0. The van der Waals surface area contributed by atoms with Gasteiger partial charge in [-0.15, -0.1) is 0 Å². The summed E-state index contributed by atoms with van der Waals surface area (Å²) in [5, 5.41) is 0. The second-order valence-corrected chi connectivity index (χ2v) is 6.63. The van der Waals surface area contributed by atoms with Gasteiger partial charge in [-0.1, -0.05) is 43.2 Å². The molecule has 0 atom stereocenters. The van der Waals surface area contributed by atoms with Crippen molar-refractivity contribution in [2.45, 2.75) is 38.3 Å². The van der Waals surface area contributed by atoms with Crippen molar-refractivity contribution in [3.05, 3.63) is 65.5 Å². The highest BCUT2D eigenvalue weighted by atomic mass is 19.1. The topological polar surface area (TPSA) is 55.6 Å². The zero-order valence-electron chi connectivity index (χ0n) is 14.9. The van der Waals surface area contributed by atoms with E-state index >= 15 is 0 Å². The summed E-state index contributed by atoms with van der Waals surface area (Å²) in [6.07, 6.45) is 4.19. The fraction of sp³-hybridized carbons (Fsp3) is 0.381. The fourth-order valence-electron chi connectivity index (χ4n) is 3.48. The highest BCUT2D eigenvalue weighted by Crippen LogP contribution is 2.29. The number of carbonyl (C=O) groups is 1. The standard InChI is InChI=1S/C21H25FN2O2/c22-17-10-11-20(26-13-12-23)19(14-17)21(25)24(18-8-4-5-9-18)15-16-6-2-1-3-7-16/h1-3,6-7,10-11,14,18H,4-5,8-9,12-13,15,23H2. The van der Waals surface area contributed by atoms with Crippen molar-refractivity contribution in [3.63, 3.8) is 0 Å². The van der Waals surface area contributed by atoms with Gasteiger partial charge in [-0.2, -0.15) is 0 Å². The zero-order chi connectivity index (χ0) is 18.4. The van der Waals surface area contributed by atoms with Crippen LogP contribution in [0.2, 0.25) is 0 Å². The first-order chi connectivity index (χ1) is 12.7. The van der Waals surface area contributed by atoms with Gasteiger partial charge in [-0.25, -0.2) is 4.39 Å². The van der Waals surface area contributed by atoms with E-state index in [1.807, 2.05) is 35.2 Å². The van der Waals surface area contributed by atoms with Gasteiger partial charge in [-0.05, 0) is 36.6 Å². The molecule has 1 amide bonds. The third-order valence-electron chi connectivity index (χ3n) is 4.77. The Morgan fingerprint density at radius 3 is 2.58 bits per heavy atom. The van der Waals surface area contributed by atoms with Crippen LogP contribution in [-0.2, 0) is 6.54 Å². The normalized spacial score (nSPS) is 14.4. The Morgan fingerprint density at radius 2 is 1.88 bits per heavy atom. The van der Waals surface area contributed by atoms with Gasteiger partial charge in [0.15, 0.2) is 0 Å². The van der Waals surface area contributed by atoms with Crippen molar-refractivity contribution in [3.8, 4) is 5.75 Å². The molecule has 0 unspecified atom stereocenters. The Balaban J connectivity index is 1.90. The molecule has 2 N–H and O–H groups in total. The number of benzene rings is 2. The van der Waals surface area contributed by atoms with Crippen molar-refractivity contribution in [2.75, 3.05) is 13.2 Å². The second-order valence-electron chi connectivity index (χ2n) is 6.63. The van der Waals surface area contributed by atoms with Crippen LogP contribution < -0.4 is 10.5 Å². The van der Waals surface area contributed by atoms with Crippen molar-refractivity contribution in [1.82, 2.24) is 4.90 Å². The number of rotatable bonds is 7. The zero-order valence-corrected chi connectivity index (χ0v) is 14.9. The van der Waals surface area contributed by atoms with Crippen LogP contribution >= 0.6 is 0 Å². The van der Waals surface area contributed by atoms with E-state index in [4.69, 9.17) is 10.5 Å². The molecule has 2 aromatic rings. The average molecular weight is 356 g/mol. The molecule has 0 aliphatic heterocycles. The lowest BCUT2D eigenvalue weighted by Gasteiger charge is -2.30. The van der Waals surface area contributed by atoms with Crippen LogP contribution in [0.3, 0.4) is 0 Å². The number of carbonyl (C=O) groups excluding carboxylic acids is 1. The van der Waals surface area contributed by atoms with E-state index in [-0.39, 0.29) is 24.1 Å². The highest BCUT2D eigenvalue weighted by Gasteiger charge is 2.29. The number of ether oxygens (including phenoxy) is 1. The molecule has 2 aromatic carbocycles. The lowest BCUT2D eigenvalue weighted by atomic mass is 10.1. The van der Waals surface area contributed by atoms with Gasteiger partial charge in [0.2, 0.25) is 0 Å². The lowest BCUT2D eigenvalue weighted by Crippen LogP contribution is -2.38. The Kier molecular flexibility index (Phi) is 6.23. The molecule has 0 radical (unpaired) electrons. The second kappa shape index (κ2) is 8.81. The van der Waals surface area contributed by atoms with Gasteiger partial charge < -0.3 is 15.4 Å². The Morgan fingerprint density at radius 1 is 1.15 bits per heavy atom. The number of hydrogen-bond donors (Lipinski definition) is 1. The van der Waals surface area contributed by atoms with E-state index in [0.717, 1.165) is 31.2 Å². The highest BCUT2D eigenvalue weighted by molar-refractivity contribution is 5.97. The van der Waals surface area contributed by atoms with Crippen LogP contribution in [0.15, 0.2) is 48.5 Å². The summed E-state index contributed by atoms with van der Waals surface area (Å²) in [5.41, 5.74) is 6.83. The fourth-order valence-corrected chi connectivity index (χ4v) is 3.48. The summed E-state index contributed by atoms with van der Waals surface area (Å²) in [4.78, 5) is 15.2. The molecule has 3 rings (SSSR count). The number of nitrogens with two attached hydrogens (primary N) is 1. The summed E-state index contributed by atoms with van der Waals surface area (Å²) in [6, 6.07) is 14.1. The lowest BCUT2D eigenvalue weighted by molar-refractivity contribution is 0.0659. The maximum absolute atomic E-state index is 13.8. The Hall–Kier alpha value is -2.40. The molecule has 0 bridgehead atoms. The minimum absolute atomic E-state index is 0.174. The van der Waals surface area contributed by atoms with E-state index in [2.05, 4.69) is 0 Å². The van der Waals surface area contributed by atoms with Crippen LogP contribution in [0.25, 0.3) is 0 Å². The van der Waals surface area contributed by atoms with E-state index < -0.39 is 5.82 Å². The Labute approximate surface area is 153 Å². The molecule has 1 fully saturated rings. The largest absolute Gasteiger partial charge is 0.491 e. The van der Waals surface area contributed by atoms with Gasteiger partial charge in [0.1, 0.15) is 18.2 Å². The molecule has 1 aliphatic rings. The van der Waals surface area contributed by atoms with E-state index in [1.165, 1.54) is 18.2 Å². The molecule has 0 heterocycles. The quantitative estimate of drug-likeness (QED) is 0.822. The van der Waals surface area contributed by atoms with Crippen LogP contribution in [-0.4, -0.2) is 30.0 Å². The van der Waals surface area contributed by atoms with Crippen LogP contribution in [0.5, 0.6) is 5.75 Å². The molecular formula is C21H25FN2O2. The minimum atomic E-state index is -0.445. The first-order valence-electron chi connectivity index (χ1n) is 9.16. The summed E-state index contributed by atoms with van der Waals surface area (Å²) in [6.45, 7) is 1.13. The molecule has 4 nitrogen and oxygen atoms in total. The Bertz CT molecular complexity index is 730. The van der Waals surface area contributed by atoms with Gasteiger partial charge in [-0.3, -0.25) is 4.79 Å². The number of halogens is 1. The molecule has 5 heteroatoms. The smallest absolute Gasteiger partial charge is 0.258 e. The molecule has 26 heavy (non-hydrogen) atoms. The minimum Gasteiger partial charge on any atom is -0.491 e. The molecule has 138 valence electrons. The molecule has 1 saturated carbocycles. The van der Waals surface area contributed by atoms with E-state index in [0.29, 0.717) is 18.8 Å². The van der Waals surface area contributed by atoms with Crippen molar-refractivity contribution in [2.24, 2.45) is 5.73 Å². The average Bonchev–Trinajstić information content (AvgIpc) is 3.20. The first-order valence-corrected chi connectivity index (χ1v) is 9.16. The molecule has 0 spiro atoms. The molecule has 1 aliphatic carbocycles. The van der Waals surface area contributed by atoms with Gasteiger partial charge in [0.05, 0.1) is 5.56 Å². The maximum atomic E-state index is 13.8. The number of hydrogen-bond acceptors (Lipinski definition) is 3. The molecule has 0 saturated heterocycles. The maximum Gasteiger partial charge on any atom is 0.258 e. The van der Waals surface area contributed by atoms with Crippen LogP contribution in [0.1, 0.15) is 41.6 Å². The molecular weight excluding hydrogens is 331 g/mol. The number of amides is 1. The van der Waals surface area contributed by atoms with E-state index in [9.17, 15) is 9.18 Å². The van der Waals surface area contributed by atoms with Gasteiger partial charge in [0.25, 0.3) is 5.91 Å². The van der Waals surface area contributed by atoms with Crippen LogP contribution in [0.4, 0.5) is 4.39 Å². The monoisotopic (exact) mass is 356 g/mol. The van der Waals surface area contributed by atoms with Crippen LogP contribution in [0, 0.1) is 5.82 Å². The summed E-state index contributed by atoms with van der Waals surface area (Å²) < 4.78 is 19.4. The SMILES string of the molecule is NCCOc1ccc(F)cc1C(=O)N(Cc1ccccc1)C1CCCC1. The predicted octanol–water partition coefficient (Wildman–Crippen LogP) is 3.75. The van der Waals surface area contributed by atoms with Gasteiger partial charge in [0, 0.05) is 19.1 Å². The summed E-state index contributed by atoms with van der Waals surface area (Å²) in [5.74, 6) is -0.246. The summed E-state index contributed by atoms with van der Waals surface area (Å²) in [7, 11) is 0. The van der Waals surface area contributed by atoms with Crippen molar-refractivity contribution >= 4 is 5.91 Å². The number of nitrogens with zero attached hydrogens (tertiary/aromatic N) is 1.